The molecule has 3 aromatic rings. The second kappa shape index (κ2) is 7.09. The molecular formula is C20H20ClN3O2. The van der Waals surface area contributed by atoms with Crippen LogP contribution in [0.1, 0.15) is 21.7 Å². The first-order valence-corrected chi connectivity index (χ1v) is 9.09. The van der Waals surface area contributed by atoms with Gasteiger partial charge in [0.1, 0.15) is 0 Å². The maximum atomic E-state index is 12.9. The highest BCUT2D eigenvalue weighted by Crippen LogP contribution is 2.31. The highest BCUT2D eigenvalue weighted by Gasteiger charge is 2.27. The topological polar surface area (TPSA) is 49.6 Å². The van der Waals surface area contributed by atoms with E-state index < -0.39 is 0 Å². The predicted octanol–water partition coefficient (Wildman–Crippen LogP) is 3.75. The van der Waals surface area contributed by atoms with E-state index in [0.29, 0.717) is 29.5 Å². The number of hydrogen-bond donors (Lipinski definition) is 0. The quantitative estimate of drug-likeness (QED) is 0.705. The fourth-order valence-electron chi connectivity index (χ4n) is 3.41. The standard InChI is InChI=1S/C20H20ClN3O2/c1-14-16-3-2-4-17(21)19(16)26-18(14)20(25)24-11-9-23(10-12-24)13-15-5-7-22-8-6-15/h2-8H,9-13H2,1H3. The molecule has 26 heavy (non-hydrogen) atoms. The van der Waals surface area contributed by atoms with Gasteiger partial charge >= 0.3 is 0 Å². The number of hydrogen-bond acceptors (Lipinski definition) is 4. The monoisotopic (exact) mass is 369 g/mol. The van der Waals surface area contributed by atoms with Crippen molar-refractivity contribution in [3.63, 3.8) is 0 Å². The normalized spacial score (nSPS) is 15.5. The molecule has 0 atom stereocenters. The summed E-state index contributed by atoms with van der Waals surface area (Å²) >= 11 is 6.20. The number of aromatic nitrogens is 1. The van der Waals surface area contributed by atoms with Crippen molar-refractivity contribution in [3.8, 4) is 0 Å². The van der Waals surface area contributed by atoms with E-state index in [2.05, 4.69) is 9.88 Å². The average molecular weight is 370 g/mol. The number of carbonyl (C=O) groups is 1. The molecule has 0 spiro atoms. The number of furan rings is 1. The van der Waals surface area contributed by atoms with Gasteiger partial charge in [0.15, 0.2) is 11.3 Å². The molecule has 0 bridgehead atoms. The molecule has 1 saturated heterocycles. The molecule has 134 valence electrons. The first kappa shape index (κ1) is 17.1. The number of amides is 1. The van der Waals surface area contributed by atoms with Crippen molar-refractivity contribution < 1.29 is 9.21 Å². The van der Waals surface area contributed by atoms with Crippen molar-refractivity contribution in [3.05, 3.63) is 64.6 Å². The second-order valence-corrected chi connectivity index (χ2v) is 7.00. The molecule has 5 nitrogen and oxygen atoms in total. The molecule has 1 aliphatic heterocycles. The number of fused-ring (bicyclic) bond motifs is 1. The van der Waals surface area contributed by atoms with E-state index >= 15 is 0 Å². The molecule has 1 amide bonds. The van der Waals surface area contributed by atoms with Crippen LogP contribution in [0.15, 0.2) is 47.1 Å². The SMILES string of the molecule is Cc1c(C(=O)N2CCN(Cc3ccncc3)CC2)oc2c(Cl)cccc12. The number of aryl methyl sites for hydroxylation is 1. The fourth-order valence-corrected chi connectivity index (χ4v) is 3.63. The van der Waals surface area contributed by atoms with E-state index in [1.807, 2.05) is 48.5 Å². The zero-order valence-corrected chi connectivity index (χ0v) is 15.4. The lowest BCUT2D eigenvalue weighted by atomic mass is 10.1. The Kier molecular flexibility index (Phi) is 4.66. The molecule has 0 aliphatic carbocycles. The van der Waals surface area contributed by atoms with E-state index in [9.17, 15) is 4.79 Å². The van der Waals surface area contributed by atoms with E-state index in [1.54, 1.807) is 6.07 Å². The summed E-state index contributed by atoms with van der Waals surface area (Å²) in [5, 5.41) is 1.43. The Morgan fingerprint density at radius 3 is 2.58 bits per heavy atom. The largest absolute Gasteiger partial charge is 0.449 e. The van der Waals surface area contributed by atoms with Gasteiger partial charge in [0.25, 0.3) is 5.91 Å². The average Bonchev–Trinajstić information content (AvgIpc) is 3.01. The Bertz CT molecular complexity index is 931. The van der Waals surface area contributed by atoms with Crippen molar-refractivity contribution in [2.24, 2.45) is 0 Å². The lowest BCUT2D eigenvalue weighted by Crippen LogP contribution is -2.48. The van der Waals surface area contributed by atoms with Crippen LogP contribution in [0.2, 0.25) is 5.02 Å². The molecule has 2 aromatic heterocycles. The van der Waals surface area contributed by atoms with Gasteiger partial charge in [-0.05, 0) is 30.7 Å². The zero-order chi connectivity index (χ0) is 18.1. The third kappa shape index (κ3) is 3.20. The molecule has 1 aliphatic rings. The highest BCUT2D eigenvalue weighted by atomic mass is 35.5. The maximum Gasteiger partial charge on any atom is 0.289 e. The first-order chi connectivity index (χ1) is 12.6. The molecule has 1 aromatic carbocycles. The van der Waals surface area contributed by atoms with Gasteiger partial charge in [0, 0.05) is 56.1 Å². The maximum absolute atomic E-state index is 12.9. The summed E-state index contributed by atoms with van der Waals surface area (Å²) < 4.78 is 5.82. The summed E-state index contributed by atoms with van der Waals surface area (Å²) in [6.07, 6.45) is 3.62. The summed E-state index contributed by atoms with van der Waals surface area (Å²) in [7, 11) is 0. The Hall–Kier alpha value is -2.37. The van der Waals surface area contributed by atoms with Crippen LogP contribution in [-0.4, -0.2) is 46.9 Å². The van der Waals surface area contributed by atoms with Gasteiger partial charge in [-0.25, -0.2) is 0 Å². The number of nitrogens with zero attached hydrogens (tertiary/aromatic N) is 3. The van der Waals surface area contributed by atoms with Crippen molar-refractivity contribution in [1.82, 2.24) is 14.8 Å². The fraction of sp³-hybridized carbons (Fsp3) is 0.300. The summed E-state index contributed by atoms with van der Waals surface area (Å²) in [4.78, 5) is 21.2. The molecule has 0 unspecified atom stereocenters. The van der Waals surface area contributed by atoms with Crippen molar-refractivity contribution >= 4 is 28.5 Å². The Morgan fingerprint density at radius 2 is 1.88 bits per heavy atom. The summed E-state index contributed by atoms with van der Waals surface area (Å²) in [5.41, 5.74) is 2.68. The second-order valence-electron chi connectivity index (χ2n) is 6.60. The van der Waals surface area contributed by atoms with Crippen LogP contribution in [0.5, 0.6) is 0 Å². The van der Waals surface area contributed by atoms with Crippen LogP contribution >= 0.6 is 11.6 Å². The Labute approximate surface area is 157 Å². The number of benzene rings is 1. The number of carbonyl (C=O) groups excluding carboxylic acids is 1. The molecule has 4 rings (SSSR count). The Balaban J connectivity index is 1.45. The molecule has 6 heteroatoms. The van der Waals surface area contributed by atoms with Gasteiger partial charge in [0.05, 0.1) is 5.02 Å². The molecule has 1 fully saturated rings. The minimum absolute atomic E-state index is 0.0571. The molecule has 0 N–H and O–H groups in total. The minimum Gasteiger partial charge on any atom is -0.449 e. The van der Waals surface area contributed by atoms with Crippen molar-refractivity contribution in [2.45, 2.75) is 13.5 Å². The van der Waals surface area contributed by atoms with Gasteiger partial charge in [-0.3, -0.25) is 14.7 Å². The Morgan fingerprint density at radius 1 is 1.15 bits per heavy atom. The van der Waals surface area contributed by atoms with Gasteiger partial charge < -0.3 is 9.32 Å². The number of para-hydroxylation sites is 1. The van der Waals surface area contributed by atoms with E-state index in [-0.39, 0.29) is 5.91 Å². The van der Waals surface area contributed by atoms with Gasteiger partial charge in [-0.15, -0.1) is 0 Å². The lowest BCUT2D eigenvalue weighted by Gasteiger charge is -2.34. The summed E-state index contributed by atoms with van der Waals surface area (Å²) in [6.45, 7) is 5.85. The number of piperazine rings is 1. The van der Waals surface area contributed by atoms with Crippen LogP contribution in [0.3, 0.4) is 0 Å². The third-order valence-electron chi connectivity index (χ3n) is 4.92. The van der Waals surface area contributed by atoms with E-state index in [4.69, 9.17) is 16.0 Å². The minimum atomic E-state index is -0.0571. The highest BCUT2D eigenvalue weighted by molar-refractivity contribution is 6.35. The number of pyridine rings is 1. The van der Waals surface area contributed by atoms with Gasteiger partial charge in [-0.2, -0.15) is 0 Å². The van der Waals surface area contributed by atoms with Crippen molar-refractivity contribution in [2.75, 3.05) is 26.2 Å². The van der Waals surface area contributed by atoms with Crippen LogP contribution in [0, 0.1) is 6.92 Å². The first-order valence-electron chi connectivity index (χ1n) is 8.71. The van der Waals surface area contributed by atoms with Crippen LogP contribution in [-0.2, 0) is 6.54 Å². The van der Waals surface area contributed by atoms with Crippen LogP contribution in [0.25, 0.3) is 11.0 Å². The molecule has 0 saturated carbocycles. The van der Waals surface area contributed by atoms with Crippen molar-refractivity contribution in [1.29, 1.82) is 0 Å². The number of halogens is 1. The van der Waals surface area contributed by atoms with Crippen LogP contribution in [0.4, 0.5) is 0 Å². The van der Waals surface area contributed by atoms with Crippen LogP contribution < -0.4 is 0 Å². The number of rotatable bonds is 3. The summed E-state index contributed by atoms with van der Waals surface area (Å²) in [5.74, 6) is 0.342. The smallest absolute Gasteiger partial charge is 0.289 e. The lowest BCUT2D eigenvalue weighted by molar-refractivity contribution is 0.0599. The summed E-state index contributed by atoms with van der Waals surface area (Å²) in [6, 6.07) is 9.64. The van der Waals surface area contributed by atoms with E-state index in [0.717, 1.165) is 30.6 Å². The molecular weight excluding hydrogens is 350 g/mol. The van der Waals surface area contributed by atoms with Gasteiger partial charge in [0.2, 0.25) is 0 Å². The molecule has 0 radical (unpaired) electrons. The van der Waals surface area contributed by atoms with Gasteiger partial charge in [-0.1, -0.05) is 23.7 Å². The van der Waals surface area contributed by atoms with E-state index in [1.165, 1.54) is 5.56 Å². The predicted molar refractivity (Wildman–Crippen MR) is 101 cm³/mol. The molecule has 3 heterocycles. The zero-order valence-electron chi connectivity index (χ0n) is 14.6. The third-order valence-corrected chi connectivity index (χ3v) is 5.22.